The van der Waals surface area contributed by atoms with E-state index in [1.807, 2.05) is 25.9 Å². The largest absolute Gasteiger partial charge is 0.478 e. The average molecular weight is 314 g/mol. The predicted molar refractivity (Wildman–Crippen MR) is 81.0 cm³/mol. The zero-order valence-electron chi connectivity index (χ0n) is 12.8. The van der Waals surface area contributed by atoms with Gasteiger partial charge in [-0.2, -0.15) is 4.31 Å². The summed E-state index contributed by atoms with van der Waals surface area (Å²) >= 11 is 0. The third kappa shape index (κ3) is 4.26. The summed E-state index contributed by atoms with van der Waals surface area (Å²) in [4.78, 5) is 12.9. The maximum atomic E-state index is 12.6. The van der Waals surface area contributed by atoms with Crippen molar-refractivity contribution < 1.29 is 18.3 Å². The Balaban J connectivity index is 3.09. The first-order chi connectivity index (χ1) is 9.70. The molecule has 0 bridgehead atoms. The Bertz CT molecular complexity index is 581. The van der Waals surface area contributed by atoms with Crippen LogP contribution in [0, 0.1) is 0 Å². The molecule has 21 heavy (non-hydrogen) atoms. The second kappa shape index (κ2) is 7.02. The molecule has 0 spiro atoms. The summed E-state index contributed by atoms with van der Waals surface area (Å²) in [5.74, 6) is -1.08. The number of likely N-dealkylation sites (N-methyl/N-ethyl adjacent to an activating group) is 2. The van der Waals surface area contributed by atoms with E-state index in [9.17, 15) is 13.2 Å². The minimum Gasteiger partial charge on any atom is -0.478 e. The summed E-state index contributed by atoms with van der Waals surface area (Å²) in [5.41, 5.74) is 0.0679. The smallest absolute Gasteiger partial charge is 0.335 e. The Labute approximate surface area is 126 Å². The van der Waals surface area contributed by atoms with Crippen LogP contribution in [0.5, 0.6) is 0 Å². The van der Waals surface area contributed by atoms with Gasteiger partial charge < -0.3 is 10.0 Å². The van der Waals surface area contributed by atoms with Crippen molar-refractivity contribution >= 4 is 16.0 Å². The highest BCUT2D eigenvalue weighted by atomic mass is 32.2. The van der Waals surface area contributed by atoms with E-state index in [-0.39, 0.29) is 16.5 Å². The van der Waals surface area contributed by atoms with Crippen LogP contribution in [0.15, 0.2) is 29.2 Å². The maximum Gasteiger partial charge on any atom is 0.335 e. The first-order valence-corrected chi connectivity index (χ1v) is 8.14. The fraction of sp³-hybridized carbons (Fsp3) is 0.500. The Kier molecular flexibility index (Phi) is 5.88. The van der Waals surface area contributed by atoms with Gasteiger partial charge in [0.2, 0.25) is 10.0 Å². The van der Waals surface area contributed by atoms with Crippen LogP contribution in [0.3, 0.4) is 0 Å². The maximum absolute atomic E-state index is 12.6. The van der Waals surface area contributed by atoms with E-state index in [4.69, 9.17) is 5.11 Å². The number of nitrogens with zero attached hydrogens (tertiary/aromatic N) is 2. The van der Waals surface area contributed by atoms with Crippen molar-refractivity contribution in [3.8, 4) is 0 Å². The lowest BCUT2D eigenvalue weighted by molar-refractivity contribution is 0.0696. The van der Waals surface area contributed by atoms with Crippen LogP contribution in [0.25, 0.3) is 0 Å². The number of hydrogen-bond donors (Lipinski definition) is 1. The van der Waals surface area contributed by atoms with Gasteiger partial charge in [0, 0.05) is 19.1 Å². The average Bonchev–Trinajstić information content (AvgIpc) is 2.38. The normalized spacial score (nSPS) is 13.6. The van der Waals surface area contributed by atoms with Crippen LogP contribution in [0.2, 0.25) is 0 Å². The van der Waals surface area contributed by atoms with Gasteiger partial charge in [-0.3, -0.25) is 0 Å². The fourth-order valence-electron chi connectivity index (χ4n) is 2.24. The van der Waals surface area contributed by atoms with Crippen LogP contribution >= 0.6 is 0 Å². The van der Waals surface area contributed by atoms with Crippen LogP contribution in [-0.4, -0.2) is 61.9 Å². The molecule has 0 aliphatic heterocycles. The molecule has 1 rings (SSSR count). The molecule has 0 radical (unpaired) electrons. The van der Waals surface area contributed by atoms with Crippen LogP contribution < -0.4 is 0 Å². The van der Waals surface area contributed by atoms with E-state index >= 15 is 0 Å². The number of sulfonamides is 1. The van der Waals surface area contributed by atoms with Gasteiger partial charge in [-0.1, -0.05) is 6.92 Å². The lowest BCUT2D eigenvalue weighted by Crippen LogP contribution is -2.43. The van der Waals surface area contributed by atoms with Gasteiger partial charge in [0.25, 0.3) is 0 Å². The summed E-state index contributed by atoms with van der Waals surface area (Å²) in [6.07, 6.45) is 0. The van der Waals surface area contributed by atoms with Crippen LogP contribution in [0.4, 0.5) is 0 Å². The SMILES string of the molecule is CCN(C(C)CN(C)C)S(=O)(=O)c1ccc(C(=O)O)cc1. The fourth-order valence-corrected chi connectivity index (χ4v) is 3.87. The molecule has 0 aliphatic rings. The number of aromatic carboxylic acids is 1. The molecule has 1 aromatic rings. The topological polar surface area (TPSA) is 77.9 Å². The number of carbonyl (C=O) groups is 1. The van der Waals surface area contributed by atoms with Crippen molar-refractivity contribution in [1.82, 2.24) is 9.21 Å². The molecule has 1 atom stereocenters. The summed E-state index contributed by atoms with van der Waals surface area (Å²) in [7, 11) is 0.150. The van der Waals surface area contributed by atoms with E-state index in [1.165, 1.54) is 28.6 Å². The minimum absolute atomic E-state index is 0.0679. The van der Waals surface area contributed by atoms with Gasteiger partial charge in [0.1, 0.15) is 0 Å². The molecule has 0 saturated carbocycles. The standard InChI is InChI=1S/C14H22N2O4S/c1-5-16(11(2)10-15(3)4)21(19,20)13-8-6-12(7-9-13)14(17)18/h6-9,11H,5,10H2,1-4H3,(H,17,18). The molecule has 0 amide bonds. The van der Waals surface area contributed by atoms with Crippen LogP contribution in [-0.2, 0) is 10.0 Å². The Hall–Kier alpha value is -1.44. The number of carboxylic acids is 1. The van der Waals surface area contributed by atoms with Crippen molar-refractivity contribution in [3.05, 3.63) is 29.8 Å². The Morgan fingerprint density at radius 1 is 1.24 bits per heavy atom. The van der Waals surface area contributed by atoms with Crippen molar-refractivity contribution in [1.29, 1.82) is 0 Å². The summed E-state index contributed by atoms with van der Waals surface area (Å²) in [5, 5.41) is 8.86. The molecule has 7 heteroatoms. The number of carboxylic acid groups (broad SMARTS) is 1. The molecule has 0 saturated heterocycles. The second-order valence-electron chi connectivity index (χ2n) is 5.15. The molecular weight excluding hydrogens is 292 g/mol. The van der Waals surface area contributed by atoms with E-state index in [1.54, 1.807) is 6.92 Å². The third-order valence-electron chi connectivity index (χ3n) is 3.14. The zero-order chi connectivity index (χ0) is 16.2. The Morgan fingerprint density at radius 3 is 2.14 bits per heavy atom. The second-order valence-corrected chi connectivity index (χ2v) is 7.04. The molecular formula is C14H22N2O4S. The number of rotatable bonds is 7. The quantitative estimate of drug-likeness (QED) is 0.822. The molecule has 0 heterocycles. The van der Waals surface area contributed by atoms with Crippen molar-refractivity contribution in [2.75, 3.05) is 27.2 Å². The summed E-state index contributed by atoms with van der Waals surface area (Å²) < 4.78 is 26.7. The monoisotopic (exact) mass is 314 g/mol. The summed E-state index contributed by atoms with van der Waals surface area (Å²) in [6, 6.07) is 5.11. The van der Waals surface area contributed by atoms with Crippen molar-refractivity contribution in [3.63, 3.8) is 0 Å². The van der Waals surface area contributed by atoms with Crippen molar-refractivity contribution in [2.45, 2.75) is 24.8 Å². The number of hydrogen-bond acceptors (Lipinski definition) is 4. The lowest BCUT2D eigenvalue weighted by atomic mass is 10.2. The van der Waals surface area contributed by atoms with E-state index < -0.39 is 16.0 Å². The van der Waals surface area contributed by atoms with E-state index in [0.717, 1.165) is 0 Å². The van der Waals surface area contributed by atoms with Gasteiger partial charge in [-0.15, -0.1) is 0 Å². The molecule has 1 N–H and O–H groups in total. The van der Waals surface area contributed by atoms with Crippen molar-refractivity contribution in [2.24, 2.45) is 0 Å². The zero-order valence-corrected chi connectivity index (χ0v) is 13.6. The van der Waals surface area contributed by atoms with E-state index in [2.05, 4.69) is 0 Å². The van der Waals surface area contributed by atoms with Gasteiger partial charge >= 0.3 is 5.97 Å². The first kappa shape index (κ1) is 17.6. The van der Waals surface area contributed by atoms with Gasteiger partial charge in [-0.25, -0.2) is 13.2 Å². The lowest BCUT2D eigenvalue weighted by Gasteiger charge is -2.29. The van der Waals surface area contributed by atoms with Gasteiger partial charge in [-0.05, 0) is 45.3 Å². The molecule has 118 valence electrons. The highest BCUT2D eigenvalue weighted by molar-refractivity contribution is 7.89. The highest BCUT2D eigenvalue weighted by Crippen LogP contribution is 2.19. The molecule has 6 nitrogen and oxygen atoms in total. The number of benzene rings is 1. The first-order valence-electron chi connectivity index (χ1n) is 6.70. The molecule has 0 fully saturated rings. The van der Waals surface area contributed by atoms with Crippen LogP contribution in [0.1, 0.15) is 24.2 Å². The third-order valence-corrected chi connectivity index (χ3v) is 5.24. The minimum atomic E-state index is -3.62. The summed E-state index contributed by atoms with van der Waals surface area (Å²) in [6.45, 7) is 4.61. The van der Waals surface area contributed by atoms with Gasteiger partial charge in [0.15, 0.2) is 0 Å². The predicted octanol–water partition coefficient (Wildman–Crippen LogP) is 1.35. The molecule has 1 aromatic carbocycles. The van der Waals surface area contributed by atoms with Gasteiger partial charge in [0.05, 0.1) is 10.5 Å². The highest BCUT2D eigenvalue weighted by Gasteiger charge is 2.28. The molecule has 0 aliphatic carbocycles. The molecule has 0 aromatic heterocycles. The molecule has 1 unspecified atom stereocenters. The Morgan fingerprint density at radius 2 is 1.76 bits per heavy atom. The van der Waals surface area contributed by atoms with E-state index in [0.29, 0.717) is 13.1 Å².